The number of benzene rings is 1. The number of carbonyl (C=O) groups is 3. The van der Waals surface area contributed by atoms with Gasteiger partial charge in [-0.15, -0.1) is 11.3 Å². The van der Waals surface area contributed by atoms with Gasteiger partial charge in [0, 0.05) is 30.0 Å². The largest absolute Gasteiger partial charge is 0.368 e. The van der Waals surface area contributed by atoms with Crippen molar-refractivity contribution < 1.29 is 22.8 Å². The molecule has 1 aromatic heterocycles. The number of sulfone groups is 1. The second-order valence-corrected chi connectivity index (χ2v) is 13.5. The lowest BCUT2D eigenvalue weighted by Crippen LogP contribution is -2.54. The van der Waals surface area contributed by atoms with Gasteiger partial charge in [0.05, 0.1) is 15.2 Å². The Morgan fingerprint density at radius 1 is 1.24 bits per heavy atom. The van der Waals surface area contributed by atoms with Crippen LogP contribution in [0, 0.1) is 0 Å². The Hall–Kier alpha value is -2.43. The van der Waals surface area contributed by atoms with Gasteiger partial charge in [-0.1, -0.05) is 23.7 Å². The van der Waals surface area contributed by atoms with Crippen molar-refractivity contribution in [1.82, 2.24) is 10.2 Å². The summed E-state index contributed by atoms with van der Waals surface area (Å²) in [5.74, 6) is -1.46. The zero-order chi connectivity index (χ0) is 24.9. The maximum Gasteiger partial charge on any atom is 0.264 e. The maximum absolute atomic E-state index is 13.2. The molecule has 2 aromatic rings. The molecule has 11 heteroatoms. The number of rotatable bonds is 8. The number of hydrogen-bond donors (Lipinski definition) is 2. The predicted octanol–water partition coefficient (Wildman–Crippen LogP) is 2.54. The van der Waals surface area contributed by atoms with E-state index in [1.165, 1.54) is 30.1 Å². The lowest BCUT2D eigenvalue weighted by molar-refractivity contribution is -0.119. The zero-order valence-corrected chi connectivity index (χ0v) is 21.3. The fourth-order valence-corrected chi connectivity index (χ4v) is 7.70. The van der Waals surface area contributed by atoms with Crippen molar-refractivity contribution in [1.29, 1.82) is 0 Å². The summed E-state index contributed by atoms with van der Waals surface area (Å²) in [5, 5.41) is 5.15. The second-order valence-electron chi connectivity index (χ2n) is 9.30. The third-order valence-electron chi connectivity index (χ3n) is 6.74. The Morgan fingerprint density at radius 3 is 2.47 bits per heavy atom. The van der Waals surface area contributed by atoms with Gasteiger partial charge in [-0.2, -0.15) is 0 Å². The van der Waals surface area contributed by atoms with Gasteiger partial charge in [-0.3, -0.25) is 14.4 Å². The van der Waals surface area contributed by atoms with Crippen molar-refractivity contribution >= 4 is 50.5 Å². The molecule has 34 heavy (non-hydrogen) atoms. The first-order valence-electron chi connectivity index (χ1n) is 10.9. The van der Waals surface area contributed by atoms with E-state index in [1.54, 1.807) is 17.5 Å². The van der Waals surface area contributed by atoms with Crippen LogP contribution in [0.15, 0.2) is 29.6 Å². The van der Waals surface area contributed by atoms with Crippen molar-refractivity contribution in [3.8, 4) is 0 Å². The Kier molecular flexibility index (Phi) is 6.28. The van der Waals surface area contributed by atoms with Crippen LogP contribution in [-0.2, 0) is 27.6 Å². The minimum atomic E-state index is -3.91. The minimum Gasteiger partial charge on any atom is -0.368 e. The molecule has 1 saturated carbocycles. The van der Waals surface area contributed by atoms with Crippen LogP contribution in [0.25, 0.3) is 0 Å². The molecule has 1 aliphatic carbocycles. The Morgan fingerprint density at radius 2 is 1.88 bits per heavy atom. The topological polar surface area (TPSA) is 127 Å². The number of halogens is 1. The van der Waals surface area contributed by atoms with Crippen molar-refractivity contribution in [3.63, 3.8) is 0 Å². The average Bonchev–Trinajstić information content (AvgIpc) is 3.45. The molecule has 182 valence electrons. The van der Waals surface area contributed by atoms with Crippen molar-refractivity contribution in [2.45, 2.75) is 49.1 Å². The number of thiophene rings is 1. The van der Waals surface area contributed by atoms with Gasteiger partial charge >= 0.3 is 0 Å². The highest BCUT2D eigenvalue weighted by Gasteiger charge is 2.62. The van der Waals surface area contributed by atoms with Crippen molar-refractivity contribution in [3.05, 3.63) is 56.2 Å². The van der Waals surface area contributed by atoms with Gasteiger partial charge in [0.25, 0.3) is 11.8 Å². The van der Waals surface area contributed by atoms with Crippen LogP contribution < -0.4 is 11.1 Å². The summed E-state index contributed by atoms with van der Waals surface area (Å²) in [6.07, 6.45) is 1.21. The van der Waals surface area contributed by atoms with Gasteiger partial charge in [0.15, 0.2) is 9.84 Å². The number of nitrogens with two attached hydrogens (primary N) is 1. The molecular weight excluding hydrogens is 498 g/mol. The van der Waals surface area contributed by atoms with E-state index in [-0.39, 0.29) is 18.4 Å². The van der Waals surface area contributed by atoms with Crippen LogP contribution in [-0.4, -0.2) is 53.6 Å². The SMILES string of the molecule is CC(C)(C(N)=O)S(=O)(=O)C1(CN2CCc3c(C(=O)NCc4ccc(Cl)cc4)csc3C2=O)CC1. The Labute approximate surface area is 207 Å². The standard InChI is InChI=1S/C23H26ClN3O5S2/c1-22(2,21(25)30)34(31,32)23(8-9-23)13-27-10-7-16-17(12-33-18(16)20(27)29)19(28)26-11-14-3-5-15(24)6-4-14/h3-6,12H,7-11,13H2,1-2H3,(H2,25,30)(H,26,28). The summed E-state index contributed by atoms with van der Waals surface area (Å²) in [6, 6.07) is 7.16. The Bertz CT molecular complexity index is 1260. The molecule has 2 aliphatic rings. The van der Waals surface area contributed by atoms with E-state index >= 15 is 0 Å². The van der Waals surface area contributed by atoms with Crippen molar-refractivity contribution in [2.75, 3.05) is 13.1 Å². The lowest BCUT2D eigenvalue weighted by atomic mass is 10.0. The molecule has 0 atom stereocenters. The fraction of sp³-hybridized carbons (Fsp3) is 0.435. The number of primary amides is 1. The first kappa shape index (κ1) is 24.7. The third-order valence-corrected chi connectivity index (χ3v) is 11.2. The van der Waals surface area contributed by atoms with E-state index in [0.29, 0.717) is 53.4 Å². The number of hydrogen-bond acceptors (Lipinski definition) is 6. The minimum absolute atomic E-state index is 0.0142. The second kappa shape index (κ2) is 8.66. The summed E-state index contributed by atoms with van der Waals surface area (Å²) >= 11 is 7.08. The molecule has 4 rings (SSSR count). The monoisotopic (exact) mass is 523 g/mol. The van der Waals surface area contributed by atoms with Crippen LogP contribution in [0.3, 0.4) is 0 Å². The molecule has 0 bridgehead atoms. The molecular formula is C23H26ClN3O5S2. The summed E-state index contributed by atoms with van der Waals surface area (Å²) in [4.78, 5) is 39.7. The fourth-order valence-electron chi connectivity index (χ4n) is 4.20. The molecule has 1 aliphatic heterocycles. The molecule has 8 nitrogen and oxygen atoms in total. The Balaban J connectivity index is 1.47. The van der Waals surface area contributed by atoms with E-state index in [1.807, 2.05) is 12.1 Å². The van der Waals surface area contributed by atoms with Crippen LogP contribution in [0.1, 0.15) is 57.8 Å². The molecule has 3 amide bonds. The highest BCUT2D eigenvalue weighted by Crippen LogP contribution is 2.49. The molecule has 2 heterocycles. The number of nitrogens with one attached hydrogen (secondary N) is 1. The number of carbonyl (C=O) groups excluding carboxylic acids is 3. The maximum atomic E-state index is 13.2. The summed E-state index contributed by atoms with van der Waals surface area (Å²) < 4.78 is 23.5. The van der Waals surface area contributed by atoms with E-state index < -0.39 is 25.2 Å². The quantitative estimate of drug-likeness (QED) is 0.549. The first-order chi connectivity index (χ1) is 15.9. The number of amides is 3. The summed E-state index contributed by atoms with van der Waals surface area (Å²) in [6.45, 7) is 3.27. The summed E-state index contributed by atoms with van der Waals surface area (Å²) in [5.41, 5.74) is 7.41. The molecule has 1 fully saturated rings. The third kappa shape index (κ3) is 4.12. The van der Waals surface area contributed by atoms with Gasteiger partial charge in [-0.05, 0) is 56.4 Å². The van der Waals surface area contributed by atoms with E-state index in [2.05, 4.69) is 5.32 Å². The molecule has 0 saturated heterocycles. The highest BCUT2D eigenvalue weighted by atomic mass is 35.5. The van der Waals surface area contributed by atoms with E-state index in [4.69, 9.17) is 17.3 Å². The summed E-state index contributed by atoms with van der Waals surface area (Å²) in [7, 11) is -3.91. The molecule has 1 aromatic carbocycles. The van der Waals surface area contributed by atoms with Crippen LogP contribution >= 0.6 is 22.9 Å². The molecule has 0 radical (unpaired) electrons. The van der Waals surface area contributed by atoms with E-state index in [9.17, 15) is 22.8 Å². The van der Waals surface area contributed by atoms with Crippen molar-refractivity contribution in [2.24, 2.45) is 5.73 Å². The van der Waals surface area contributed by atoms with Crippen LogP contribution in [0.5, 0.6) is 0 Å². The van der Waals surface area contributed by atoms with Gasteiger partial charge in [0.2, 0.25) is 5.91 Å². The lowest BCUT2D eigenvalue weighted by Gasteiger charge is -2.34. The van der Waals surface area contributed by atoms with Gasteiger partial charge in [0.1, 0.15) is 4.75 Å². The normalized spacial score (nSPS) is 17.3. The van der Waals surface area contributed by atoms with Gasteiger partial charge < -0.3 is 16.0 Å². The molecule has 0 unspecified atom stereocenters. The zero-order valence-electron chi connectivity index (χ0n) is 18.9. The molecule has 0 spiro atoms. The number of nitrogens with zero attached hydrogens (tertiary/aromatic N) is 1. The average molecular weight is 524 g/mol. The van der Waals surface area contributed by atoms with Gasteiger partial charge in [-0.25, -0.2) is 8.42 Å². The van der Waals surface area contributed by atoms with Crippen LogP contribution in [0.2, 0.25) is 5.02 Å². The smallest absolute Gasteiger partial charge is 0.264 e. The molecule has 3 N–H and O–H groups in total. The predicted molar refractivity (Wildman–Crippen MR) is 131 cm³/mol. The number of fused-ring (bicyclic) bond motifs is 1. The van der Waals surface area contributed by atoms with Crippen LogP contribution in [0.4, 0.5) is 0 Å². The first-order valence-corrected chi connectivity index (χ1v) is 13.6. The van der Waals surface area contributed by atoms with E-state index in [0.717, 1.165) is 5.56 Å². The highest BCUT2D eigenvalue weighted by molar-refractivity contribution is 7.95.